The number of rotatable bonds is 6. The minimum atomic E-state index is -5.24. The third-order valence-electron chi connectivity index (χ3n) is 5.07. The molecule has 0 aromatic carbocycles. The lowest BCUT2D eigenvalue weighted by Gasteiger charge is -2.35. The van der Waals surface area contributed by atoms with Gasteiger partial charge in [0.1, 0.15) is 11.4 Å². The minimum absolute atomic E-state index is 0.101. The standard InChI is InChI=1S/C19H20BrF3N4O8/c1-8(28)33-12-10(20)15(27-7-26-11-13(27)24-6-25-14(11)30)35-18(12,19(21,22)23)5-32-16(31)17(3,4)34-9(2)29/h6-7,10,12,15H,5H2,1-4H3,(H,24,25,30)/t10-,12-,15+,18+/m0/s1. The van der Waals surface area contributed by atoms with E-state index in [9.17, 15) is 32.3 Å². The Labute approximate surface area is 203 Å². The lowest BCUT2D eigenvalue weighted by Crippen LogP contribution is -2.59. The van der Waals surface area contributed by atoms with E-state index in [1.165, 1.54) is 0 Å². The number of fused-ring (bicyclic) bond motifs is 1. The van der Waals surface area contributed by atoms with Crippen LogP contribution in [0.1, 0.15) is 33.9 Å². The van der Waals surface area contributed by atoms with Crippen LogP contribution in [-0.4, -0.2) is 72.3 Å². The van der Waals surface area contributed by atoms with E-state index < -0.39 is 64.6 Å². The van der Waals surface area contributed by atoms with Gasteiger partial charge >= 0.3 is 24.1 Å². The first-order valence-corrected chi connectivity index (χ1v) is 10.8. The van der Waals surface area contributed by atoms with Crippen molar-refractivity contribution in [2.45, 2.75) is 62.2 Å². The van der Waals surface area contributed by atoms with Gasteiger partial charge in [0.25, 0.3) is 5.56 Å². The van der Waals surface area contributed by atoms with Crippen LogP contribution in [0.4, 0.5) is 13.2 Å². The second-order valence-corrected chi connectivity index (χ2v) is 9.16. The highest BCUT2D eigenvalue weighted by Gasteiger charge is 2.71. The molecule has 12 nitrogen and oxygen atoms in total. The number of carbonyl (C=O) groups excluding carboxylic acids is 3. The molecule has 0 aliphatic carbocycles. The Morgan fingerprint density at radius 2 is 1.89 bits per heavy atom. The number of ether oxygens (including phenoxy) is 4. The van der Waals surface area contributed by atoms with Crippen molar-refractivity contribution in [2.24, 2.45) is 0 Å². The third-order valence-corrected chi connectivity index (χ3v) is 6.00. The predicted octanol–water partition coefficient (Wildman–Crippen LogP) is 1.53. The lowest BCUT2D eigenvalue weighted by molar-refractivity contribution is -0.308. The molecule has 16 heteroatoms. The maximum Gasteiger partial charge on any atom is 0.424 e. The number of aromatic amines is 1. The first kappa shape index (κ1) is 26.6. The SMILES string of the molecule is CC(=O)O[C@H]1[C@H](Br)[C@H](n2cnc3c(=O)[nH]cnc32)O[C@@]1(COC(=O)C(C)(C)OC(C)=O)C(F)(F)F. The van der Waals surface area contributed by atoms with Crippen LogP contribution < -0.4 is 5.56 Å². The van der Waals surface area contributed by atoms with Gasteiger partial charge in [-0.25, -0.2) is 14.8 Å². The second kappa shape index (κ2) is 9.22. The monoisotopic (exact) mass is 568 g/mol. The average Bonchev–Trinajstić information content (AvgIpc) is 3.26. The van der Waals surface area contributed by atoms with Crippen molar-refractivity contribution in [3.8, 4) is 0 Å². The van der Waals surface area contributed by atoms with E-state index in [1.807, 2.05) is 0 Å². The third kappa shape index (κ3) is 4.89. The number of imidazole rings is 1. The van der Waals surface area contributed by atoms with Crippen molar-refractivity contribution in [3.05, 3.63) is 23.0 Å². The predicted molar refractivity (Wildman–Crippen MR) is 112 cm³/mol. The maximum atomic E-state index is 14.5. The number of hydrogen-bond donors (Lipinski definition) is 1. The number of carbonyl (C=O) groups is 3. The van der Waals surface area contributed by atoms with Gasteiger partial charge in [-0.3, -0.25) is 19.0 Å². The summed E-state index contributed by atoms with van der Waals surface area (Å²) in [5, 5.41) is 0. The maximum absolute atomic E-state index is 14.5. The Morgan fingerprint density at radius 1 is 1.23 bits per heavy atom. The molecule has 1 fully saturated rings. The van der Waals surface area contributed by atoms with Crippen LogP contribution in [0.25, 0.3) is 11.2 Å². The first-order valence-electron chi connectivity index (χ1n) is 9.93. The summed E-state index contributed by atoms with van der Waals surface area (Å²) in [6.45, 7) is 2.73. The molecular formula is C19H20BrF3N4O8. The zero-order chi connectivity index (χ0) is 26.3. The molecule has 3 rings (SSSR count). The molecule has 1 saturated heterocycles. The number of esters is 3. The number of hydrogen-bond acceptors (Lipinski definition) is 10. The van der Waals surface area contributed by atoms with Crippen LogP contribution in [0.5, 0.6) is 0 Å². The molecule has 4 atom stereocenters. The quantitative estimate of drug-likeness (QED) is 0.308. The summed E-state index contributed by atoms with van der Waals surface area (Å²) in [6, 6.07) is 0. The highest BCUT2D eigenvalue weighted by atomic mass is 79.9. The van der Waals surface area contributed by atoms with Crippen molar-refractivity contribution >= 4 is 45.0 Å². The minimum Gasteiger partial charge on any atom is -0.459 e. The number of halogens is 4. The Kier molecular flexibility index (Phi) is 7.00. The van der Waals surface area contributed by atoms with E-state index in [0.717, 1.165) is 44.9 Å². The smallest absolute Gasteiger partial charge is 0.424 e. The van der Waals surface area contributed by atoms with E-state index in [0.29, 0.717) is 0 Å². The molecule has 2 aromatic heterocycles. The van der Waals surface area contributed by atoms with Crippen LogP contribution >= 0.6 is 15.9 Å². The van der Waals surface area contributed by atoms with E-state index in [-0.39, 0.29) is 11.2 Å². The summed E-state index contributed by atoms with van der Waals surface area (Å²) in [6.07, 6.45) is -6.77. The topological polar surface area (TPSA) is 152 Å². The average molecular weight is 569 g/mol. The Hall–Kier alpha value is -3.01. The summed E-state index contributed by atoms with van der Waals surface area (Å²) in [5.74, 6) is -3.21. The molecule has 192 valence electrons. The van der Waals surface area contributed by atoms with E-state index >= 15 is 0 Å². The largest absolute Gasteiger partial charge is 0.459 e. The van der Waals surface area contributed by atoms with Crippen molar-refractivity contribution in [1.29, 1.82) is 0 Å². The first-order chi connectivity index (χ1) is 16.1. The summed E-state index contributed by atoms with van der Waals surface area (Å²) in [5.41, 5.74) is -6.17. The summed E-state index contributed by atoms with van der Waals surface area (Å²) in [7, 11) is 0. The molecule has 3 heterocycles. The molecule has 0 saturated carbocycles. The van der Waals surface area contributed by atoms with Gasteiger partial charge in [-0.2, -0.15) is 13.2 Å². The Bertz CT molecular complexity index is 1210. The van der Waals surface area contributed by atoms with Gasteiger partial charge in [-0.05, 0) is 13.8 Å². The van der Waals surface area contributed by atoms with Gasteiger partial charge in [-0.1, -0.05) is 15.9 Å². The summed E-state index contributed by atoms with van der Waals surface area (Å²) >= 11 is 3.10. The van der Waals surface area contributed by atoms with Gasteiger partial charge < -0.3 is 23.9 Å². The van der Waals surface area contributed by atoms with Crippen LogP contribution in [0.3, 0.4) is 0 Å². The molecule has 35 heavy (non-hydrogen) atoms. The van der Waals surface area contributed by atoms with Crippen molar-refractivity contribution in [3.63, 3.8) is 0 Å². The Balaban J connectivity index is 2.05. The Morgan fingerprint density at radius 3 is 2.46 bits per heavy atom. The molecule has 0 bridgehead atoms. The molecule has 1 aliphatic heterocycles. The molecule has 0 amide bonds. The normalized spacial score (nSPS) is 24.9. The van der Waals surface area contributed by atoms with Crippen molar-refractivity contribution < 1.29 is 46.5 Å². The number of H-pyrrole nitrogens is 1. The van der Waals surface area contributed by atoms with Crippen LogP contribution in [0.2, 0.25) is 0 Å². The molecule has 1 N–H and O–H groups in total. The number of aromatic nitrogens is 4. The van der Waals surface area contributed by atoms with Crippen molar-refractivity contribution in [2.75, 3.05) is 6.61 Å². The number of nitrogens with one attached hydrogen (secondary N) is 1. The highest BCUT2D eigenvalue weighted by Crippen LogP contribution is 2.51. The van der Waals surface area contributed by atoms with Gasteiger partial charge in [0, 0.05) is 13.8 Å². The fourth-order valence-electron chi connectivity index (χ4n) is 3.53. The van der Waals surface area contributed by atoms with Crippen molar-refractivity contribution in [1.82, 2.24) is 19.5 Å². The van der Waals surface area contributed by atoms with E-state index in [2.05, 4.69) is 30.9 Å². The van der Waals surface area contributed by atoms with Gasteiger partial charge in [0.2, 0.25) is 11.2 Å². The van der Waals surface area contributed by atoms with Crippen LogP contribution in [0, 0.1) is 0 Å². The van der Waals surface area contributed by atoms with Crippen LogP contribution in [-0.2, 0) is 33.3 Å². The summed E-state index contributed by atoms with van der Waals surface area (Å²) < 4.78 is 64.7. The lowest BCUT2D eigenvalue weighted by atomic mass is 9.96. The van der Waals surface area contributed by atoms with E-state index in [1.54, 1.807) is 0 Å². The summed E-state index contributed by atoms with van der Waals surface area (Å²) in [4.78, 5) is 56.1. The number of nitrogens with zero attached hydrogens (tertiary/aromatic N) is 3. The zero-order valence-electron chi connectivity index (χ0n) is 18.7. The second-order valence-electron chi connectivity index (χ2n) is 8.11. The molecule has 2 aromatic rings. The molecule has 0 spiro atoms. The zero-order valence-corrected chi connectivity index (χ0v) is 20.3. The van der Waals surface area contributed by atoms with Crippen LogP contribution in [0.15, 0.2) is 17.4 Å². The van der Waals surface area contributed by atoms with Gasteiger partial charge in [-0.15, -0.1) is 0 Å². The van der Waals surface area contributed by atoms with Gasteiger partial charge in [0.05, 0.1) is 12.7 Å². The fraction of sp³-hybridized carbons (Fsp3) is 0.579. The molecule has 0 unspecified atom stereocenters. The molecule has 0 radical (unpaired) electrons. The molecular weight excluding hydrogens is 549 g/mol. The van der Waals surface area contributed by atoms with Gasteiger partial charge in [0.15, 0.2) is 23.5 Å². The van der Waals surface area contributed by atoms with E-state index in [4.69, 9.17) is 18.9 Å². The number of alkyl halides is 4. The fourth-order valence-corrected chi connectivity index (χ4v) is 4.42. The molecule has 1 aliphatic rings. The highest BCUT2D eigenvalue weighted by molar-refractivity contribution is 9.09.